The SMILES string of the molecule is Cc1cccc2cc(CN(Cc3ccccc3Cl)C(=O)NC3CCCCC3)c(=O)[nH]c12. The number of nitrogens with one attached hydrogen (secondary N) is 2. The van der Waals surface area contributed by atoms with Gasteiger partial charge in [-0.2, -0.15) is 0 Å². The van der Waals surface area contributed by atoms with Crippen LogP contribution in [0.15, 0.2) is 53.3 Å². The highest BCUT2D eigenvalue weighted by molar-refractivity contribution is 6.31. The Hall–Kier alpha value is -2.79. The van der Waals surface area contributed by atoms with Crippen molar-refractivity contribution >= 4 is 28.5 Å². The number of pyridine rings is 1. The Morgan fingerprint density at radius 2 is 1.81 bits per heavy atom. The third kappa shape index (κ3) is 5.10. The molecule has 4 rings (SSSR count). The first-order chi connectivity index (χ1) is 15.0. The Labute approximate surface area is 187 Å². The fourth-order valence-electron chi connectivity index (χ4n) is 4.30. The van der Waals surface area contributed by atoms with E-state index in [1.165, 1.54) is 6.42 Å². The maximum Gasteiger partial charge on any atom is 0.318 e. The molecule has 1 aliphatic carbocycles. The zero-order valence-electron chi connectivity index (χ0n) is 17.8. The van der Waals surface area contributed by atoms with Gasteiger partial charge in [-0.05, 0) is 48.4 Å². The maximum atomic E-state index is 13.2. The van der Waals surface area contributed by atoms with Gasteiger partial charge in [-0.25, -0.2) is 4.79 Å². The van der Waals surface area contributed by atoms with Crippen molar-refractivity contribution in [2.24, 2.45) is 0 Å². The molecule has 31 heavy (non-hydrogen) atoms. The predicted octanol–water partition coefficient (Wildman–Crippen LogP) is 5.53. The fraction of sp³-hybridized carbons (Fsp3) is 0.360. The molecule has 1 fully saturated rings. The van der Waals surface area contributed by atoms with Gasteiger partial charge < -0.3 is 15.2 Å². The molecule has 0 saturated heterocycles. The lowest BCUT2D eigenvalue weighted by molar-refractivity contribution is 0.184. The zero-order chi connectivity index (χ0) is 21.8. The lowest BCUT2D eigenvalue weighted by Crippen LogP contribution is -2.45. The average molecular weight is 438 g/mol. The lowest BCUT2D eigenvalue weighted by atomic mass is 9.96. The minimum absolute atomic E-state index is 0.157. The Morgan fingerprint density at radius 1 is 1.06 bits per heavy atom. The first kappa shape index (κ1) is 21.4. The molecule has 2 aromatic carbocycles. The van der Waals surface area contributed by atoms with Crippen LogP contribution in [-0.2, 0) is 13.1 Å². The first-order valence-electron chi connectivity index (χ1n) is 10.9. The molecule has 1 aromatic heterocycles. The van der Waals surface area contributed by atoms with Gasteiger partial charge >= 0.3 is 6.03 Å². The van der Waals surface area contributed by atoms with Gasteiger partial charge in [0, 0.05) is 23.2 Å². The van der Waals surface area contributed by atoms with Gasteiger partial charge in [0.2, 0.25) is 0 Å². The van der Waals surface area contributed by atoms with Crippen LogP contribution in [0.1, 0.15) is 48.8 Å². The van der Waals surface area contributed by atoms with Crippen LogP contribution < -0.4 is 10.9 Å². The number of carbonyl (C=O) groups is 1. The van der Waals surface area contributed by atoms with Crippen LogP contribution in [0.3, 0.4) is 0 Å². The summed E-state index contributed by atoms with van der Waals surface area (Å²) in [6.45, 7) is 2.52. The van der Waals surface area contributed by atoms with E-state index in [2.05, 4.69) is 10.3 Å². The van der Waals surface area contributed by atoms with E-state index < -0.39 is 0 Å². The molecule has 162 valence electrons. The summed E-state index contributed by atoms with van der Waals surface area (Å²) in [6.07, 6.45) is 5.50. The van der Waals surface area contributed by atoms with Gasteiger partial charge in [-0.1, -0.05) is 67.3 Å². The van der Waals surface area contributed by atoms with E-state index in [-0.39, 0.29) is 24.2 Å². The first-order valence-corrected chi connectivity index (χ1v) is 11.3. The van der Waals surface area contributed by atoms with Crippen molar-refractivity contribution in [2.45, 2.75) is 58.2 Å². The number of H-pyrrole nitrogens is 1. The number of para-hydroxylation sites is 1. The van der Waals surface area contributed by atoms with Crippen LogP contribution in [-0.4, -0.2) is 22.0 Å². The highest BCUT2D eigenvalue weighted by Crippen LogP contribution is 2.21. The standard InChI is InChI=1S/C25H28ClN3O2/c1-17-8-7-10-18-14-20(24(30)28-23(17)18)16-29(15-19-9-5-6-13-22(19)26)25(31)27-21-11-3-2-4-12-21/h5-10,13-14,21H,2-4,11-12,15-16H2,1H3,(H,27,31)(H,28,30). The number of aromatic nitrogens is 1. The van der Waals surface area contributed by atoms with Crippen LogP contribution in [0.2, 0.25) is 5.02 Å². The number of hydrogen-bond donors (Lipinski definition) is 2. The summed E-state index contributed by atoms with van der Waals surface area (Å²) in [7, 11) is 0. The Morgan fingerprint density at radius 3 is 2.58 bits per heavy atom. The third-order valence-corrected chi connectivity index (χ3v) is 6.43. The topological polar surface area (TPSA) is 65.2 Å². The third-order valence-electron chi connectivity index (χ3n) is 6.07. The number of nitrogens with zero attached hydrogens (tertiary/aromatic N) is 1. The van der Waals surface area contributed by atoms with Crippen molar-refractivity contribution in [1.82, 2.24) is 15.2 Å². The van der Waals surface area contributed by atoms with Crippen molar-refractivity contribution in [3.8, 4) is 0 Å². The van der Waals surface area contributed by atoms with Crippen molar-refractivity contribution < 1.29 is 4.79 Å². The number of amides is 2. The minimum atomic E-state index is -0.170. The quantitative estimate of drug-likeness (QED) is 0.550. The molecular formula is C25H28ClN3O2. The lowest BCUT2D eigenvalue weighted by Gasteiger charge is -2.28. The summed E-state index contributed by atoms with van der Waals surface area (Å²) in [5.74, 6) is 0. The predicted molar refractivity (Wildman–Crippen MR) is 125 cm³/mol. The van der Waals surface area contributed by atoms with Gasteiger partial charge in [0.15, 0.2) is 0 Å². The van der Waals surface area contributed by atoms with Crippen LogP contribution in [0.5, 0.6) is 0 Å². The minimum Gasteiger partial charge on any atom is -0.335 e. The monoisotopic (exact) mass is 437 g/mol. The molecule has 6 heteroatoms. The molecule has 0 radical (unpaired) electrons. The smallest absolute Gasteiger partial charge is 0.318 e. The molecular weight excluding hydrogens is 410 g/mol. The van der Waals surface area contributed by atoms with Gasteiger partial charge in [0.05, 0.1) is 12.1 Å². The van der Waals surface area contributed by atoms with E-state index in [9.17, 15) is 9.59 Å². The summed E-state index contributed by atoms with van der Waals surface area (Å²) in [4.78, 5) is 30.7. The van der Waals surface area contributed by atoms with E-state index in [1.54, 1.807) is 4.90 Å². The summed E-state index contributed by atoms with van der Waals surface area (Å²) >= 11 is 6.37. The van der Waals surface area contributed by atoms with Crippen LogP contribution in [0, 0.1) is 6.92 Å². The summed E-state index contributed by atoms with van der Waals surface area (Å²) in [5, 5.41) is 4.75. The number of carbonyl (C=O) groups excluding carboxylic acids is 1. The number of aromatic amines is 1. The molecule has 0 unspecified atom stereocenters. The van der Waals surface area contributed by atoms with E-state index in [4.69, 9.17) is 11.6 Å². The summed E-state index contributed by atoms with van der Waals surface area (Å²) in [5.41, 5.74) is 3.10. The highest BCUT2D eigenvalue weighted by atomic mass is 35.5. The Bertz CT molecular complexity index is 1140. The average Bonchev–Trinajstić information content (AvgIpc) is 2.76. The molecule has 1 saturated carbocycles. The molecule has 1 heterocycles. The Balaban J connectivity index is 1.62. The molecule has 2 N–H and O–H groups in total. The zero-order valence-corrected chi connectivity index (χ0v) is 18.5. The number of fused-ring (bicyclic) bond motifs is 1. The summed E-state index contributed by atoms with van der Waals surface area (Å²) in [6, 6.07) is 15.3. The molecule has 0 atom stereocenters. The molecule has 2 amide bonds. The maximum absolute atomic E-state index is 13.2. The second-order valence-corrected chi connectivity index (χ2v) is 8.80. The second kappa shape index (κ2) is 9.56. The highest BCUT2D eigenvalue weighted by Gasteiger charge is 2.22. The van der Waals surface area contributed by atoms with Gasteiger partial charge in [-0.15, -0.1) is 0 Å². The van der Waals surface area contributed by atoms with E-state index in [0.717, 1.165) is 47.7 Å². The van der Waals surface area contributed by atoms with E-state index in [0.29, 0.717) is 17.1 Å². The van der Waals surface area contributed by atoms with E-state index in [1.807, 2.05) is 55.5 Å². The normalized spacial score (nSPS) is 14.5. The second-order valence-electron chi connectivity index (χ2n) is 8.39. The number of halogens is 1. The number of urea groups is 1. The van der Waals surface area contributed by atoms with Crippen molar-refractivity contribution in [3.63, 3.8) is 0 Å². The molecule has 0 spiro atoms. The number of hydrogen-bond acceptors (Lipinski definition) is 2. The molecule has 3 aromatic rings. The van der Waals surface area contributed by atoms with Crippen molar-refractivity contribution in [2.75, 3.05) is 0 Å². The fourth-order valence-corrected chi connectivity index (χ4v) is 4.49. The summed E-state index contributed by atoms with van der Waals surface area (Å²) < 4.78 is 0. The number of rotatable bonds is 5. The van der Waals surface area contributed by atoms with Crippen LogP contribution in [0.4, 0.5) is 4.79 Å². The molecule has 1 aliphatic rings. The number of benzene rings is 2. The van der Waals surface area contributed by atoms with Gasteiger partial charge in [-0.3, -0.25) is 4.79 Å². The van der Waals surface area contributed by atoms with Gasteiger partial charge in [0.25, 0.3) is 5.56 Å². The molecule has 0 aliphatic heterocycles. The van der Waals surface area contributed by atoms with Crippen molar-refractivity contribution in [3.05, 3.63) is 80.6 Å². The van der Waals surface area contributed by atoms with E-state index >= 15 is 0 Å². The van der Waals surface area contributed by atoms with Crippen molar-refractivity contribution in [1.29, 1.82) is 0 Å². The largest absolute Gasteiger partial charge is 0.335 e. The Kier molecular flexibility index (Phi) is 6.62. The van der Waals surface area contributed by atoms with Crippen LogP contribution >= 0.6 is 11.6 Å². The number of aryl methyl sites for hydroxylation is 1. The molecule has 5 nitrogen and oxygen atoms in total. The molecule has 0 bridgehead atoms. The van der Waals surface area contributed by atoms with Crippen LogP contribution in [0.25, 0.3) is 10.9 Å². The van der Waals surface area contributed by atoms with Gasteiger partial charge in [0.1, 0.15) is 0 Å².